The van der Waals surface area contributed by atoms with Crippen LogP contribution in [0.1, 0.15) is 18.3 Å². The summed E-state index contributed by atoms with van der Waals surface area (Å²) in [5.41, 5.74) is 1.31. The predicted octanol–water partition coefficient (Wildman–Crippen LogP) is 1.12. The van der Waals surface area contributed by atoms with E-state index in [1.807, 2.05) is 0 Å². The molecule has 12 heavy (non-hydrogen) atoms. The Morgan fingerprint density at radius 3 is 2.75 bits per heavy atom. The van der Waals surface area contributed by atoms with Gasteiger partial charge in [-0.25, -0.2) is 4.98 Å². The lowest BCUT2D eigenvalue weighted by molar-refractivity contribution is 0.770. The van der Waals surface area contributed by atoms with Crippen LogP contribution in [-0.2, 0) is 7.05 Å². The molecule has 0 aromatic carbocycles. The minimum absolute atomic E-state index is 0.0324. The zero-order chi connectivity index (χ0) is 9.30. The van der Waals surface area contributed by atoms with Crippen LogP contribution in [0.5, 0.6) is 0 Å². The first-order chi connectivity index (χ1) is 5.54. The van der Waals surface area contributed by atoms with E-state index in [9.17, 15) is 4.79 Å². The molecule has 0 aliphatic rings. The van der Waals surface area contributed by atoms with E-state index in [1.54, 1.807) is 27.1 Å². The molecule has 0 unspecified atom stereocenters. The topological polar surface area (TPSA) is 34.9 Å². The second kappa shape index (κ2) is 2.93. The molecule has 0 atom stereocenters. The summed E-state index contributed by atoms with van der Waals surface area (Å²) in [6.45, 7) is 7.30. The molecule has 0 aliphatic heterocycles. The highest BCUT2D eigenvalue weighted by Gasteiger charge is 2.03. The first kappa shape index (κ1) is 8.71. The van der Waals surface area contributed by atoms with Gasteiger partial charge < -0.3 is 0 Å². The van der Waals surface area contributed by atoms with Gasteiger partial charge in [0.15, 0.2) is 0 Å². The number of allylic oxidation sites excluding steroid dienone is 1. The predicted molar refractivity (Wildman–Crippen MR) is 48.9 cm³/mol. The Hall–Kier alpha value is -1.38. The van der Waals surface area contributed by atoms with Gasteiger partial charge in [-0.3, -0.25) is 9.36 Å². The van der Waals surface area contributed by atoms with Gasteiger partial charge in [-0.05, 0) is 19.4 Å². The molecule has 0 N–H and O–H groups in total. The van der Waals surface area contributed by atoms with Crippen LogP contribution < -0.4 is 5.56 Å². The quantitative estimate of drug-likeness (QED) is 0.623. The van der Waals surface area contributed by atoms with Gasteiger partial charge in [0.25, 0.3) is 5.56 Å². The zero-order valence-corrected chi connectivity index (χ0v) is 7.59. The molecule has 3 heteroatoms. The molecule has 1 aromatic rings. The summed E-state index contributed by atoms with van der Waals surface area (Å²) < 4.78 is 1.52. The monoisotopic (exact) mass is 164 g/mol. The Morgan fingerprint density at radius 1 is 1.67 bits per heavy atom. The second-order valence-corrected chi connectivity index (χ2v) is 2.86. The standard InChI is InChI=1S/C9H12N2O/c1-6(2)8-5-10-7(3)11(4)9(8)12/h5H,1H2,2-4H3. The van der Waals surface area contributed by atoms with E-state index in [4.69, 9.17) is 0 Å². The molecule has 0 bridgehead atoms. The van der Waals surface area contributed by atoms with E-state index in [0.717, 1.165) is 5.57 Å². The Bertz CT molecular complexity index is 377. The summed E-state index contributed by atoms with van der Waals surface area (Å²) in [5.74, 6) is 0.713. The Morgan fingerprint density at radius 2 is 2.25 bits per heavy atom. The largest absolute Gasteiger partial charge is 0.300 e. The fraction of sp³-hybridized carbons (Fsp3) is 0.333. The molecule has 1 heterocycles. The lowest BCUT2D eigenvalue weighted by Crippen LogP contribution is -2.23. The molecule has 0 amide bonds. The minimum atomic E-state index is -0.0324. The van der Waals surface area contributed by atoms with Gasteiger partial charge in [0.05, 0.1) is 5.56 Å². The van der Waals surface area contributed by atoms with Crippen molar-refractivity contribution in [3.8, 4) is 0 Å². The molecule has 64 valence electrons. The molecule has 3 nitrogen and oxygen atoms in total. The summed E-state index contributed by atoms with van der Waals surface area (Å²) in [6.07, 6.45) is 1.57. The highest BCUT2D eigenvalue weighted by molar-refractivity contribution is 5.59. The van der Waals surface area contributed by atoms with Gasteiger partial charge in [-0.15, -0.1) is 0 Å². The molecule has 0 radical (unpaired) electrons. The Balaban J connectivity index is 3.47. The van der Waals surface area contributed by atoms with Gasteiger partial charge in [0.1, 0.15) is 5.82 Å². The third-order valence-corrected chi connectivity index (χ3v) is 1.86. The van der Waals surface area contributed by atoms with E-state index >= 15 is 0 Å². The van der Waals surface area contributed by atoms with Gasteiger partial charge in [-0.1, -0.05) is 6.58 Å². The molecule has 1 rings (SSSR count). The summed E-state index contributed by atoms with van der Waals surface area (Å²) in [6, 6.07) is 0. The van der Waals surface area contributed by atoms with Gasteiger partial charge in [0.2, 0.25) is 0 Å². The van der Waals surface area contributed by atoms with E-state index in [-0.39, 0.29) is 5.56 Å². The van der Waals surface area contributed by atoms with Gasteiger partial charge in [-0.2, -0.15) is 0 Å². The number of rotatable bonds is 1. The minimum Gasteiger partial charge on any atom is -0.300 e. The van der Waals surface area contributed by atoms with E-state index in [1.165, 1.54) is 4.57 Å². The average molecular weight is 164 g/mol. The molecule has 1 aromatic heterocycles. The maximum atomic E-state index is 11.5. The molecule has 0 saturated heterocycles. The summed E-state index contributed by atoms with van der Waals surface area (Å²) in [5, 5.41) is 0. The molecular formula is C9H12N2O. The first-order valence-corrected chi connectivity index (χ1v) is 3.72. The van der Waals surface area contributed by atoms with Crippen LogP contribution in [-0.4, -0.2) is 9.55 Å². The van der Waals surface area contributed by atoms with Crippen LogP contribution in [0.3, 0.4) is 0 Å². The van der Waals surface area contributed by atoms with Crippen molar-refractivity contribution in [3.05, 3.63) is 34.5 Å². The highest BCUT2D eigenvalue weighted by Crippen LogP contribution is 2.03. The van der Waals surface area contributed by atoms with Crippen LogP contribution in [0.15, 0.2) is 17.6 Å². The number of aromatic nitrogens is 2. The van der Waals surface area contributed by atoms with Crippen molar-refractivity contribution in [1.82, 2.24) is 9.55 Å². The van der Waals surface area contributed by atoms with E-state index < -0.39 is 0 Å². The average Bonchev–Trinajstić information content (AvgIpc) is 2.00. The SMILES string of the molecule is C=C(C)c1cnc(C)n(C)c1=O. The van der Waals surface area contributed by atoms with Gasteiger partial charge >= 0.3 is 0 Å². The lowest BCUT2D eigenvalue weighted by Gasteiger charge is -2.04. The van der Waals surface area contributed by atoms with Crippen LogP contribution in [0, 0.1) is 6.92 Å². The Kier molecular flexibility index (Phi) is 2.13. The fourth-order valence-electron chi connectivity index (χ4n) is 0.920. The number of hydrogen-bond donors (Lipinski definition) is 0. The summed E-state index contributed by atoms with van der Waals surface area (Å²) >= 11 is 0. The normalized spacial score (nSPS) is 9.92. The van der Waals surface area contributed by atoms with Crippen LogP contribution in [0.25, 0.3) is 5.57 Å². The van der Waals surface area contributed by atoms with E-state index in [2.05, 4.69) is 11.6 Å². The number of hydrogen-bond acceptors (Lipinski definition) is 2. The lowest BCUT2D eigenvalue weighted by atomic mass is 10.2. The Labute approximate surface area is 71.4 Å². The molecule has 0 fully saturated rings. The molecule has 0 aliphatic carbocycles. The summed E-state index contributed by atoms with van der Waals surface area (Å²) in [7, 11) is 1.71. The van der Waals surface area contributed by atoms with Gasteiger partial charge in [0, 0.05) is 13.2 Å². The second-order valence-electron chi connectivity index (χ2n) is 2.86. The number of nitrogens with zero attached hydrogens (tertiary/aromatic N) is 2. The van der Waals surface area contributed by atoms with Crippen LogP contribution in [0.4, 0.5) is 0 Å². The van der Waals surface area contributed by atoms with Crippen molar-refractivity contribution in [2.75, 3.05) is 0 Å². The van der Waals surface area contributed by atoms with Crippen molar-refractivity contribution in [2.45, 2.75) is 13.8 Å². The van der Waals surface area contributed by atoms with Crippen LogP contribution >= 0.6 is 0 Å². The summed E-state index contributed by atoms with van der Waals surface area (Å²) in [4.78, 5) is 15.6. The number of aryl methyl sites for hydroxylation is 1. The molecule has 0 saturated carbocycles. The maximum absolute atomic E-state index is 11.5. The highest BCUT2D eigenvalue weighted by atomic mass is 16.1. The van der Waals surface area contributed by atoms with Crippen molar-refractivity contribution >= 4 is 5.57 Å². The zero-order valence-electron chi connectivity index (χ0n) is 7.59. The third-order valence-electron chi connectivity index (χ3n) is 1.86. The fourth-order valence-corrected chi connectivity index (χ4v) is 0.920. The van der Waals surface area contributed by atoms with Crippen molar-refractivity contribution in [2.24, 2.45) is 7.05 Å². The van der Waals surface area contributed by atoms with E-state index in [0.29, 0.717) is 11.4 Å². The maximum Gasteiger partial charge on any atom is 0.260 e. The van der Waals surface area contributed by atoms with Crippen molar-refractivity contribution in [1.29, 1.82) is 0 Å². The molecular weight excluding hydrogens is 152 g/mol. The van der Waals surface area contributed by atoms with Crippen molar-refractivity contribution < 1.29 is 0 Å². The smallest absolute Gasteiger partial charge is 0.260 e. The van der Waals surface area contributed by atoms with Crippen LogP contribution in [0.2, 0.25) is 0 Å². The first-order valence-electron chi connectivity index (χ1n) is 3.72. The molecule has 0 spiro atoms. The van der Waals surface area contributed by atoms with Crippen molar-refractivity contribution in [3.63, 3.8) is 0 Å². The third kappa shape index (κ3) is 1.30.